The van der Waals surface area contributed by atoms with Crippen molar-refractivity contribution in [3.8, 4) is 5.75 Å². The molecule has 5 rings (SSSR count). The van der Waals surface area contributed by atoms with Crippen molar-refractivity contribution in [1.29, 1.82) is 0 Å². The van der Waals surface area contributed by atoms with Gasteiger partial charge in [-0.1, -0.05) is 48.0 Å². The number of carbonyl (C=O) groups is 1. The van der Waals surface area contributed by atoms with Gasteiger partial charge in [-0.2, -0.15) is 0 Å². The van der Waals surface area contributed by atoms with Gasteiger partial charge in [0.05, 0.1) is 17.7 Å². The summed E-state index contributed by atoms with van der Waals surface area (Å²) in [6.45, 7) is 1.92. The van der Waals surface area contributed by atoms with Gasteiger partial charge >= 0.3 is 0 Å². The van der Waals surface area contributed by atoms with Crippen LogP contribution in [0.4, 0.5) is 5.69 Å². The van der Waals surface area contributed by atoms with Crippen LogP contribution >= 0.6 is 0 Å². The second-order valence-electron chi connectivity index (χ2n) is 8.25. The van der Waals surface area contributed by atoms with Gasteiger partial charge in [0.25, 0.3) is 10.0 Å². The Hall–Kier alpha value is -3.38. The molecule has 0 radical (unpaired) electrons. The summed E-state index contributed by atoms with van der Waals surface area (Å²) in [7, 11) is -2.35. The maximum Gasteiger partial charge on any atom is 0.265 e. The first-order chi connectivity index (χ1) is 15.4. The van der Waals surface area contributed by atoms with Crippen molar-refractivity contribution >= 4 is 21.5 Å². The number of benzene rings is 3. The molecule has 0 saturated heterocycles. The van der Waals surface area contributed by atoms with E-state index in [1.807, 2.05) is 55.5 Å². The Morgan fingerprint density at radius 3 is 2.34 bits per heavy atom. The molecule has 1 heterocycles. The summed E-state index contributed by atoms with van der Waals surface area (Å²) in [5.41, 5.74) is 2.19. The van der Waals surface area contributed by atoms with Crippen LogP contribution in [-0.2, 0) is 20.4 Å². The first-order valence-electron chi connectivity index (χ1n) is 10.5. The zero-order valence-corrected chi connectivity index (χ0v) is 18.7. The van der Waals surface area contributed by atoms with Gasteiger partial charge in [-0.3, -0.25) is 9.10 Å². The third kappa shape index (κ3) is 2.90. The van der Waals surface area contributed by atoms with Crippen LogP contribution in [0.2, 0.25) is 0 Å². The summed E-state index contributed by atoms with van der Waals surface area (Å²) in [6, 6.07) is 21.8. The molecule has 0 saturated carbocycles. The van der Waals surface area contributed by atoms with Crippen molar-refractivity contribution in [2.75, 3.05) is 11.4 Å². The van der Waals surface area contributed by atoms with Crippen molar-refractivity contribution in [1.82, 2.24) is 0 Å². The number of ketones is 1. The number of hydrogen-bond acceptors (Lipinski definition) is 4. The van der Waals surface area contributed by atoms with E-state index in [0.29, 0.717) is 11.4 Å². The molecule has 2 aliphatic rings. The van der Waals surface area contributed by atoms with E-state index in [2.05, 4.69) is 0 Å². The SMILES string of the molecule is COc1ccc([C@]23C=CC(=O)C[C@H]2c2ccccc2N3S(=O)(=O)c2ccc(C)cc2)cc1. The van der Waals surface area contributed by atoms with Crippen LogP contribution in [0.3, 0.4) is 0 Å². The van der Waals surface area contributed by atoms with Crippen LogP contribution < -0.4 is 9.04 Å². The number of fused-ring (bicyclic) bond motifs is 3. The summed E-state index contributed by atoms with van der Waals surface area (Å²) in [4.78, 5) is 12.7. The maximum absolute atomic E-state index is 14.1. The zero-order chi connectivity index (χ0) is 22.5. The van der Waals surface area contributed by atoms with Crippen molar-refractivity contribution in [2.45, 2.75) is 29.7 Å². The molecule has 0 N–H and O–H groups in total. The summed E-state index contributed by atoms with van der Waals surface area (Å²) in [5.74, 6) is 0.342. The Bertz CT molecular complexity index is 1330. The molecule has 1 aliphatic heterocycles. The number of nitrogens with zero attached hydrogens (tertiary/aromatic N) is 1. The molecule has 3 aromatic rings. The van der Waals surface area contributed by atoms with Gasteiger partial charge in [0, 0.05) is 12.3 Å². The molecule has 2 atom stereocenters. The summed E-state index contributed by atoms with van der Waals surface area (Å²) >= 11 is 0. The number of sulfonamides is 1. The van der Waals surface area contributed by atoms with Gasteiger partial charge in [-0.25, -0.2) is 8.42 Å². The van der Waals surface area contributed by atoms with Gasteiger partial charge in [0.15, 0.2) is 5.78 Å². The number of anilines is 1. The highest BCUT2D eigenvalue weighted by atomic mass is 32.2. The van der Waals surface area contributed by atoms with Crippen molar-refractivity contribution in [2.24, 2.45) is 0 Å². The maximum atomic E-state index is 14.1. The van der Waals surface area contributed by atoms with Crippen LogP contribution in [0.15, 0.2) is 89.8 Å². The van der Waals surface area contributed by atoms with Crippen LogP contribution in [0.1, 0.15) is 29.0 Å². The van der Waals surface area contributed by atoms with Crippen LogP contribution in [-0.4, -0.2) is 21.3 Å². The largest absolute Gasteiger partial charge is 0.497 e. The third-order valence-electron chi connectivity index (χ3n) is 6.44. The fraction of sp³-hybridized carbons (Fsp3) is 0.192. The van der Waals surface area contributed by atoms with Crippen LogP contribution in [0.25, 0.3) is 0 Å². The predicted octanol–water partition coefficient (Wildman–Crippen LogP) is 4.72. The van der Waals surface area contributed by atoms with Gasteiger partial charge in [0.2, 0.25) is 0 Å². The topological polar surface area (TPSA) is 63.7 Å². The monoisotopic (exact) mass is 445 g/mol. The molecule has 3 aromatic carbocycles. The van der Waals surface area contributed by atoms with E-state index >= 15 is 0 Å². The minimum Gasteiger partial charge on any atom is -0.497 e. The average molecular weight is 446 g/mol. The Balaban J connectivity index is 1.81. The lowest BCUT2D eigenvalue weighted by Crippen LogP contribution is -2.49. The second-order valence-corrected chi connectivity index (χ2v) is 10.0. The summed E-state index contributed by atoms with van der Waals surface area (Å²) in [6.07, 6.45) is 3.51. The number of ether oxygens (including phenoxy) is 1. The number of carbonyl (C=O) groups excluding carboxylic acids is 1. The lowest BCUT2D eigenvalue weighted by molar-refractivity contribution is -0.115. The quantitative estimate of drug-likeness (QED) is 0.583. The van der Waals surface area contributed by atoms with E-state index in [0.717, 1.165) is 16.7 Å². The zero-order valence-electron chi connectivity index (χ0n) is 17.9. The standard InChI is InChI=1S/C26H23NO4S/c1-18-7-13-22(14-8-18)32(29,30)27-25-6-4-3-5-23(25)24-17-20(28)15-16-26(24,27)19-9-11-21(31-2)12-10-19/h3-16,24H,17H2,1-2H3/t24-,26+/m0/s1. The molecule has 0 amide bonds. The van der Waals surface area contributed by atoms with Crippen molar-refractivity contribution in [3.05, 3.63) is 102 Å². The summed E-state index contributed by atoms with van der Waals surface area (Å²) in [5, 5.41) is 0. The first-order valence-corrected chi connectivity index (χ1v) is 11.9. The lowest BCUT2D eigenvalue weighted by Gasteiger charge is -2.42. The highest BCUT2D eigenvalue weighted by Crippen LogP contribution is 2.58. The number of methoxy groups -OCH3 is 1. The number of aryl methyl sites for hydroxylation is 1. The van der Waals surface area contributed by atoms with Gasteiger partial charge < -0.3 is 4.74 Å². The third-order valence-corrected chi connectivity index (χ3v) is 8.29. The lowest BCUT2D eigenvalue weighted by atomic mass is 9.72. The van der Waals surface area contributed by atoms with E-state index in [-0.39, 0.29) is 23.0 Å². The molecule has 32 heavy (non-hydrogen) atoms. The normalized spacial score (nSPS) is 21.9. The molecule has 5 nitrogen and oxygen atoms in total. The van der Waals surface area contributed by atoms with Crippen molar-refractivity contribution in [3.63, 3.8) is 0 Å². The van der Waals surface area contributed by atoms with E-state index in [1.54, 1.807) is 37.5 Å². The highest BCUT2D eigenvalue weighted by molar-refractivity contribution is 7.93. The Morgan fingerprint density at radius 1 is 0.969 bits per heavy atom. The highest BCUT2D eigenvalue weighted by Gasteiger charge is 2.57. The van der Waals surface area contributed by atoms with E-state index in [9.17, 15) is 13.2 Å². The molecular formula is C26H23NO4S. The van der Waals surface area contributed by atoms with E-state index in [4.69, 9.17) is 4.74 Å². The molecule has 0 spiro atoms. The average Bonchev–Trinajstić information content (AvgIpc) is 3.11. The molecule has 1 aliphatic carbocycles. The molecule has 0 bridgehead atoms. The molecule has 6 heteroatoms. The Morgan fingerprint density at radius 2 is 1.66 bits per heavy atom. The molecule has 0 unspecified atom stereocenters. The first kappa shape index (κ1) is 20.5. The Kier molecular flexibility index (Phi) is 4.71. The molecule has 162 valence electrons. The number of rotatable bonds is 4. The number of para-hydroxylation sites is 1. The van der Waals surface area contributed by atoms with Crippen molar-refractivity contribution < 1.29 is 17.9 Å². The van der Waals surface area contributed by atoms with Gasteiger partial charge in [-0.15, -0.1) is 0 Å². The van der Waals surface area contributed by atoms with E-state index < -0.39 is 15.6 Å². The Labute approximate surface area is 188 Å². The molecule has 0 fully saturated rings. The van der Waals surface area contributed by atoms with Gasteiger partial charge in [-0.05, 0) is 60.5 Å². The van der Waals surface area contributed by atoms with Crippen LogP contribution in [0.5, 0.6) is 5.75 Å². The fourth-order valence-corrected chi connectivity index (χ4v) is 6.71. The minimum absolute atomic E-state index is 0.0106. The van der Waals surface area contributed by atoms with Gasteiger partial charge in [0.1, 0.15) is 11.3 Å². The number of allylic oxidation sites excluding steroid dienone is 1. The summed E-state index contributed by atoms with van der Waals surface area (Å²) < 4.78 is 35.1. The predicted molar refractivity (Wildman–Crippen MR) is 123 cm³/mol. The second kappa shape index (κ2) is 7.35. The smallest absolute Gasteiger partial charge is 0.265 e. The minimum atomic E-state index is -3.94. The fourth-order valence-electron chi connectivity index (χ4n) is 4.90. The van der Waals surface area contributed by atoms with E-state index in [1.165, 1.54) is 10.4 Å². The molecule has 0 aromatic heterocycles. The molecular weight excluding hydrogens is 422 g/mol. The number of hydrogen-bond donors (Lipinski definition) is 0. The van der Waals surface area contributed by atoms with Crippen LogP contribution in [0, 0.1) is 6.92 Å².